The molecule has 0 fully saturated rings. The predicted octanol–water partition coefficient (Wildman–Crippen LogP) is 8.24. The van der Waals surface area contributed by atoms with E-state index in [-0.39, 0.29) is 17.3 Å². The summed E-state index contributed by atoms with van der Waals surface area (Å²) in [6, 6.07) is 8.48. The van der Waals surface area contributed by atoms with Crippen LogP contribution in [0.3, 0.4) is 0 Å². The van der Waals surface area contributed by atoms with Crippen LogP contribution in [0.1, 0.15) is 31.8 Å². The Balaban J connectivity index is 2.00. The second-order valence-corrected chi connectivity index (χ2v) is 9.16. The number of hydrogen-bond donors (Lipinski definition) is 2. The van der Waals surface area contributed by atoms with Crippen LogP contribution in [-0.2, 0) is 11.8 Å². The lowest BCUT2D eigenvalue weighted by molar-refractivity contribution is -0.348. The van der Waals surface area contributed by atoms with Gasteiger partial charge in [0, 0.05) is 20.4 Å². The van der Waals surface area contributed by atoms with Gasteiger partial charge in [0.15, 0.2) is 0 Å². The Morgan fingerprint density at radius 3 is 1.85 bits per heavy atom. The average molecular weight is 696 g/mol. The van der Waals surface area contributed by atoms with E-state index in [0.29, 0.717) is 0 Å². The number of benzene rings is 3. The highest BCUT2D eigenvalue weighted by Gasteiger charge is 2.73. The second-order valence-electron chi connectivity index (χ2n) is 8.00. The minimum atomic E-state index is -6.67. The maximum atomic E-state index is 14.5. The maximum absolute atomic E-state index is 14.5. The zero-order valence-electron chi connectivity index (χ0n) is 19.1. The minimum Gasteiger partial charge on any atom is -0.322 e. The second kappa shape index (κ2) is 10.9. The van der Waals surface area contributed by atoms with Crippen LogP contribution in [0.4, 0.5) is 59.7 Å². The lowest BCUT2D eigenvalue weighted by Gasteiger charge is -2.31. The quantitative estimate of drug-likeness (QED) is 0.209. The van der Waals surface area contributed by atoms with Gasteiger partial charge in [0.25, 0.3) is 11.8 Å². The maximum Gasteiger partial charge on any atom is 0.435 e. The highest BCUT2D eigenvalue weighted by atomic mass is 127. The third kappa shape index (κ3) is 6.15. The number of halogens is 12. The molecule has 0 saturated carbocycles. The van der Waals surface area contributed by atoms with Gasteiger partial charge in [-0.2, -0.15) is 39.5 Å². The van der Waals surface area contributed by atoms with Crippen LogP contribution in [0.2, 0.25) is 0 Å². The molecule has 0 spiro atoms. The number of nitrogens with one attached hydrogen (secondary N) is 2. The molecule has 2 amide bonds. The number of rotatable bonds is 5. The largest absolute Gasteiger partial charge is 0.435 e. The molecule has 3 rings (SSSR count). The molecule has 40 heavy (non-hydrogen) atoms. The third-order valence-corrected chi connectivity index (χ3v) is 6.17. The first-order chi connectivity index (χ1) is 18.3. The van der Waals surface area contributed by atoms with E-state index in [1.54, 1.807) is 5.32 Å². The first-order valence-corrected chi connectivity index (χ1v) is 11.6. The van der Waals surface area contributed by atoms with E-state index in [1.165, 1.54) is 24.3 Å². The van der Waals surface area contributed by atoms with Gasteiger partial charge in [-0.05, 0) is 65.1 Å². The standard InChI is InChI=1S/C24H12F11IN2O2/c25-16-7-2-1-6-14(16)20(40)37-13-5-3-4-11(8-13)19(39)38-18-15(22(27,28)29)9-12(10-17(18)36)21(26,23(30,31)32)24(33,34)35/h1-10H,(H,37,40)(H,38,39). The summed E-state index contributed by atoms with van der Waals surface area (Å²) in [4.78, 5) is 25.0. The summed E-state index contributed by atoms with van der Waals surface area (Å²) in [5.74, 6) is -3.14. The van der Waals surface area contributed by atoms with Crippen LogP contribution in [0.5, 0.6) is 0 Å². The molecule has 0 aromatic heterocycles. The van der Waals surface area contributed by atoms with Crippen LogP contribution >= 0.6 is 22.6 Å². The molecule has 0 radical (unpaired) electrons. The lowest BCUT2D eigenvalue weighted by Crippen LogP contribution is -2.50. The van der Waals surface area contributed by atoms with Crippen molar-refractivity contribution in [3.63, 3.8) is 0 Å². The molecule has 214 valence electrons. The van der Waals surface area contributed by atoms with Crippen LogP contribution in [0, 0.1) is 9.39 Å². The normalized spacial score (nSPS) is 12.7. The zero-order valence-corrected chi connectivity index (χ0v) is 21.3. The smallest absolute Gasteiger partial charge is 0.322 e. The van der Waals surface area contributed by atoms with E-state index in [0.717, 1.165) is 46.9 Å². The van der Waals surface area contributed by atoms with Gasteiger partial charge in [-0.15, -0.1) is 0 Å². The van der Waals surface area contributed by atoms with Gasteiger partial charge in [0.1, 0.15) is 5.82 Å². The van der Waals surface area contributed by atoms with Crippen molar-refractivity contribution in [1.82, 2.24) is 0 Å². The Morgan fingerprint density at radius 1 is 0.700 bits per heavy atom. The van der Waals surface area contributed by atoms with Crippen molar-refractivity contribution in [1.29, 1.82) is 0 Å². The average Bonchev–Trinajstić information content (AvgIpc) is 2.82. The minimum absolute atomic E-state index is 0.112. The summed E-state index contributed by atoms with van der Waals surface area (Å²) < 4.78 is 147. The molecule has 3 aromatic carbocycles. The number of alkyl halides is 10. The summed E-state index contributed by atoms with van der Waals surface area (Å²) in [5, 5.41) is 4.02. The Hall–Kier alpha value is -3.44. The Morgan fingerprint density at radius 2 is 1.30 bits per heavy atom. The number of amides is 2. The van der Waals surface area contributed by atoms with Gasteiger partial charge in [-0.1, -0.05) is 18.2 Å². The molecule has 4 nitrogen and oxygen atoms in total. The predicted molar refractivity (Wildman–Crippen MR) is 128 cm³/mol. The molecule has 0 atom stereocenters. The van der Waals surface area contributed by atoms with Crippen LogP contribution < -0.4 is 10.6 Å². The molecule has 2 N–H and O–H groups in total. The number of carbonyl (C=O) groups is 2. The van der Waals surface area contributed by atoms with Crippen LogP contribution in [0.15, 0.2) is 60.7 Å². The Bertz CT molecular complexity index is 1440. The summed E-state index contributed by atoms with van der Waals surface area (Å²) in [5.41, 5.74) is -12.8. The van der Waals surface area contributed by atoms with E-state index in [4.69, 9.17) is 0 Å². The van der Waals surface area contributed by atoms with E-state index in [1.807, 2.05) is 0 Å². The fourth-order valence-corrected chi connectivity index (χ4v) is 4.17. The molecule has 0 aliphatic heterocycles. The number of anilines is 2. The third-order valence-electron chi connectivity index (χ3n) is 5.31. The zero-order chi connectivity index (χ0) is 30.3. The van der Waals surface area contributed by atoms with E-state index >= 15 is 0 Å². The van der Waals surface area contributed by atoms with Gasteiger partial charge < -0.3 is 10.6 Å². The fraction of sp³-hybridized carbons (Fsp3) is 0.167. The van der Waals surface area contributed by atoms with Gasteiger partial charge in [0.2, 0.25) is 0 Å². The molecule has 0 aliphatic carbocycles. The van der Waals surface area contributed by atoms with E-state index in [9.17, 15) is 57.9 Å². The van der Waals surface area contributed by atoms with Crippen molar-refractivity contribution in [2.75, 3.05) is 10.6 Å². The molecule has 3 aromatic rings. The van der Waals surface area contributed by atoms with Crippen molar-refractivity contribution in [2.24, 2.45) is 0 Å². The van der Waals surface area contributed by atoms with E-state index < -0.39 is 73.8 Å². The van der Waals surface area contributed by atoms with Crippen molar-refractivity contribution in [3.05, 3.63) is 92.3 Å². The SMILES string of the molecule is O=C(Nc1c(I)cc(C(F)(C(F)(F)F)C(F)(F)F)cc1C(F)(F)F)c1cccc(NC(=O)c2ccccc2F)c1. The number of carbonyl (C=O) groups excluding carboxylic acids is 2. The van der Waals surface area contributed by atoms with Crippen molar-refractivity contribution < 1.29 is 57.9 Å². The monoisotopic (exact) mass is 696 g/mol. The van der Waals surface area contributed by atoms with Crippen molar-refractivity contribution in [3.8, 4) is 0 Å². The molecule has 0 bridgehead atoms. The van der Waals surface area contributed by atoms with Gasteiger partial charge in [-0.25, -0.2) is 8.78 Å². The molecule has 0 unspecified atom stereocenters. The van der Waals surface area contributed by atoms with Crippen LogP contribution in [0.25, 0.3) is 0 Å². The van der Waals surface area contributed by atoms with Gasteiger partial charge in [-0.3, -0.25) is 9.59 Å². The van der Waals surface area contributed by atoms with Crippen LogP contribution in [-0.4, -0.2) is 24.2 Å². The Kier molecular flexibility index (Phi) is 8.44. The first-order valence-electron chi connectivity index (χ1n) is 10.5. The highest BCUT2D eigenvalue weighted by molar-refractivity contribution is 14.1. The van der Waals surface area contributed by atoms with Gasteiger partial charge in [0.05, 0.1) is 16.8 Å². The molecule has 0 heterocycles. The Labute approximate surface area is 230 Å². The molecular weight excluding hydrogens is 684 g/mol. The van der Waals surface area contributed by atoms with E-state index in [2.05, 4.69) is 5.32 Å². The summed E-state index contributed by atoms with van der Waals surface area (Å²) >= 11 is 0.924. The number of hydrogen-bond acceptors (Lipinski definition) is 2. The first kappa shape index (κ1) is 31.1. The fourth-order valence-electron chi connectivity index (χ4n) is 3.41. The molecular formula is C24H12F11IN2O2. The molecule has 0 aliphatic rings. The summed E-state index contributed by atoms with van der Waals surface area (Å²) in [7, 11) is 0. The lowest BCUT2D eigenvalue weighted by atomic mass is 9.92. The van der Waals surface area contributed by atoms with Gasteiger partial charge >= 0.3 is 24.2 Å². The summed E-state index contributed by atoms with van der Waals surface area (Å²) in [6.45, 7) is 0. The van der Waals surface area contributed by atoms with Crippen molar-refractivity contribution in [2.45, 2.75) is 24.2 Å². The highest BCUT2D eigenvalue weighted by Crippen LogP contribution is 2.54. The molecule has 16 heteroatoms. The molecule has 0 saturated heterocycles. The summed E-state index contributed by atoms with van der Waals surface area (Å²) in [6.07, 6.45) is -19.0. The van der Waals surface area contributed by atoms with Crippen molar-refractivity contribution >= 4 is 45.8 Å². The topological polar surface area (TPSA) is 58.2 Å².